The van der Waals surface area contributed by atoms with E-state index in [1.54, 1.807) is 12.1 Å². The smallest absolute Gasteiger partial charge is 0.259 e. The van der Waals surface area contributed by atoms with E-state index in [1.165, 1.54) is 0 Å². The van der Waals surface area contributed by atoms with Gasteiger partial charge in [0.25, 0.3) is 6.43 Å². The second-order valence-corrected chi connectivity index (χ2v) is 2.51. The van der Waals surface area contributed by atoms with Crippen molar-refractivity contribution in [3.63, 3.8) is 0 Å². The Kier molecular flexibility index (Phi) is 3.09. The molecule has 0 saturated carbocycles. The van der Waals surface area contributed by atoms with Gasteiger partial charge in [0.15, 0.2) is 0 Å². The van der Waals surface area contributed by atoms with Crippen LogP contribution >= 0.6 is 0 Å². The summed E-state index contributed by atoms with van der Waals surface area (Å²) in [6, 6.07) is 4.51. The molecule has 1 heterocycles. The zero-order valence-corrected chi connectivity index (χ0v) is 7.04. The van der Waals surface area contributed by atoms with Gasteiger partial charge in [0.1, 0.15) is 6.07 Å². The van der Waals surface area contributed by atoms with Gasteiger partial charge in [-0.05, 0) is 6.07 Å². The normalized spacial score (nSPS) is 9.50. The highest BCUT2D eigenvalue weighted by Gasteiger charge is 2.14. The molecule has 3 nitrogen and oxygen atoms in total. The van der Waals surface area contributed by atoms with Crippen molar-refractivity contribution in [3.8, 4) is 12.1 Å². The third kappa shape index (κ3) is 2.02. The average Bonchev–Trinajstić information content (AvgIpc) is 2.18. The van der Waals surface area contributed by atoms with Crippen LogP contribution in [-0.2, 0) is 6.42 Å². The first-order chi connectivity index (χ1) is 6.69. The molecule has 5 heteroatoms. The molecule has 0 N–H and O–H groups in total. The number of aromatic nitrogens is 1. The third-order valence-corrected chi connectivity index (χ3v) is 1.61. The molecule has 0 bridgehead atoms. The van der Waals surface area contributed by atoms with Crippen molar-refractivity contribution in [2.75, 3.05) is 0 Å². The molecular weight excluding hydrogens is 188 g/mol. The Morgan fingerprint density at radius 2 is 2.14 bits per heavy atom. The van der Waals surface area contributed by atoms with Crippen molar-refractivity contribution in [3.05, 3.63) is 29.1 Å². The number of nitrogens with zero attached hydrogens (tertiary/aromatic N) is 3. The number of alkyl halides is 2. The lowest BCUT2D eigenvalue weighted by Gasteiger charge is -2.02. The van der Waals surface area contributed by atoms with Crippen molar-refractivity contribution < 1.29 is 8.78 Å². The highest BCUT2D eigenvalue weighted by molar-refractivity contribution is 5.37. The Morgan fingerprint density at radius 3 is 2.64 bits per heavy atom. The number of rotatable bonds is 2. The van der Waals surface area contributed by atoms with Crippen molar-refractivity contribution in [2.45, 2.75) is 12.8 Å². The zero-order valence-electron chi connectivity index (χ0n) is 7.04. The predicted molar refractivity (Wildman–Crippen MR) is 43.2 cm³/mol. The van der Waals surface area contributed by atoms with E-state index >= 15 is 0 Å². The SMILES string of the molecule is N#CCc1cc(C(F)F)c(C#N)cn1. The lowest BCUT2D eigenvalue weighted by molar-refractivity contribution is 0.151. The van der Waals surface area contributed by atoms with E-state index in [4.69, 9.17) is 10.5 Å². The maximum absolute atomic E-state index is 12.4. The quantitative estimate of drug-likeness (QED) is 0.721. The predicted octanol–water partition coefficient (Wildman–Crippen LogP) is 1.96. The van der Waals surface area contributed by atoms with E-state index in [1.807, 2.05) is 0 Å². The van der Waals surface area contributed by atoms with Crippen LogP contribution in [0.2, 0.25) is 0 Å². The molecule has 1 aromatic heterocycles. The van der Waals surface area contributed by atoms with Gasteiger partial charge in [-0.3, -0.25) is 4.98 Å². The average molecular weight is 193 g/mol. The summed E-state index contributed by atoms with van der Waals surface area (Å²) in [6.45, 7) is 0. The molecule has 0 atom stereocenters. The molecule has 0 spiro atoms. The number of hydrogen-bond donors (Lipinski definition) is 0. The summed E-state index contributed by atoms with van der Waals surface area (Å²) >= 11 is 0. The van der Waals surface area contributed by atoms with Gasteiger partial charge in [-0.2, -0.15) is 10.5 Å². The molecule has 0 radical (unpaired) electrons. The standard InChI is InChI=1S/C9H5F2N3/c10-9(11)8-3-7(1-2-12)14-5-6(8)4-13/h3,5,9H,1H2. The second-order valence-electron chi connectivity index (χ2n) is 2.51. The van der Waals surface area contributed by atoms with Crippen LogP contribution in [0, 0.1) is 22.7 Å². The number of halogens is 2. The first-order valence-electron chi connectivity index (χ1n) is 3.73. The molecule has 14 heavy (non-hydrogen) atoms. The minimum Gasteiger partial charge on any atom is -0.259 e. The minimum atomic E-state index is -2.72. The molecule has 0 aliphatic carbocycles. The molecule has 0 unspecified atom stereocenters. The monoisotopic (exact) mass is 193 g/mol. The molecule has 0 fully saturated rings. The fourth-order valence-electron chi connectivity index (χ4n) is 0.968. The minimum absolute atomic E-state index is 0.0363. The van der Waals surface area contributed by atoms with Gasteiger partial charge in [-0.15, -0.1) is 0 Å². The molecule has 0 amide bonds. The summed E-state index contributed by atoms with van der Waals surface area (Å²) in [6.07, 6.45) is -1.69. The van der Waals surface area contributed by atoms with E-state index in [0.29, 0.717) is 0 Å². The topological polar surface area (TPSA) is 60.5 Å². The van der Waals surface area contributed by atoms with Crippen LogP contribution in [-0.4, -0.2) is 4.98 Å². The van der Waals surface area contributed by atoms with Crippen LogP contribution in [0.15, 0.2) is 12.3 Å². The second kappa shape index (κ2) is 4.29. The van der Waals surface area contributed by atoms with Gasteiger partial charge in [-0.1, -0.05) is 0 Å². The molecule has 0 aromatic carbocycles. The Hall–Kier alpha value is -2.01. The fourth-order valence-corrected chi connectivity index (χ4v) is 0.968. The van der Waals surface area contributed by atoms with Crippen LogP contribution in [0.25, 0.3) is 0 Å². The van der Waals surface area contributed by atoms with Gasteiger partial charge < -0.3 is 0 Å². The summed E-state index contributed by atoms with van der Waals surface area (Å²) in [7, 11) is 0. The zero-order chi connectivity index (χ0) is 10.6. The van der Waals surface area contributed by atoms with Crippen LogP contribution < -0.4 is 0 Å². The Labute approximate surface area is 79.2 Å². The van der Waals surface area contributed by atoms with E-state index in [9.17, 15) is 8.78 Å². The van der Waals surface area contributed by atoms with Gasteiger partial charge in [0, 0.05) is 11.8 Å². The van der Waals surface area contributed by atoms with Gasteiger partial charge in [-0.25, -0.2) is 8.78 Å². The van der Waals surface area contributed by atoms with E-state index in [2.05, 4.69) is 4.98 Å². The van der Waals surface area contributed by atoms with Crippen molar-refractivity contribution >= 4 is 0 Å². The summed E-state index contributed by atoms with van der Waals surface area (Å²) in [4.78, 5) is 3.70. The first kappa shape index (κ1) is 10.1. The van der Waals surface area contributed by atoms with E-state index in [-0.39, 0.29) is 23.2 Å². The maximum Gasteiger partial charge on any atom is 0.265 e. The van der Waals surface area contributed by atoms with Crippen molar-refractivity contribution in [2.24, 2.45) is 0 Å². The largest absolute Gasteiger partial charge is 0.265 e. The third-order valence-electron chi connectivity index (χ3n) is 1.61. The molecule has 0 aliphatic heterocycles. The van der Waals surface area contributed by atoms with Gasteiger partial charge in [0.2, 0.25) is 0 Å². The number of hydrogen-bond acceptors (Lipinski definition) is 3. The number of pyridine rings is 1. The van der Waals surface area contributed by atoms with Crippen molar-refractivity contribution in [1.82, 2.24) is 4.98 Å². The molecular formula is C9H5F2N3. The van der Waals surface area contributed by atoms with Gasteiger partial charge >= 0.3 is 0 Å². The number of nitriles is 2. The maximum atomic E-state index is 12.4. The lowest BCUT2D eigenvalue weighted by Crippen LogP contribution is -1.96. The highest BCUT2D eigenvalue weighted by atomic mass is 19.3. The Morgan fingerprint density at radius 1 is 1.43 bits per heavy atom. The van der Waals surface area contributed by atoms with E-state index < -0.39 is 6.43 Å². The van der Waals surface area contributed by atoms with Crippen LogP contribution in [0.4, 0.5) is 8.78 Å². The molecule has 1 rings (SSSR count). The van der Waals surface area contributed by atoms with Crippen LogP contribution in [0.5, 0.6) is 0 Å². The lowest BCUT2D eigenvalue weighted by atomic mass is 10.1. The molecule has 0 aliphatic rings. The molecule has 70 valence electrons. The Balaban J connectivity index is 3.17. The van der Waals surface area contributed by atoms with E-state index in [0.717, 1.165) is 12.3 Å². The summed E-state index contributed by atoms with van der Waals surface area (Å²) in [5.41, 5.74) is -0.267. The fraction of sp³-hybridized carbons (Fsp3) is 0.222. The summed E-state index contributed by atoms with van der Waals surface area (Å²) in [5.74, 6) is 0. The first-order valence-corrected chi connectivity index (χ1v) is 3.73. The highest BCUT2D eigenvalue weighted by Crippen LogP contribution is 2.22. The molecule has 0 saturated heterocycles. The van der Waals surface area contributed by atoms with Crippen LogP contribution in [0.1, 0.15) is 23.2 Å². The summed E-state index contributed by atoms with van der Waals surface area (Å²) < 4.78 is 24.7. The van der Waals surface area contributed by atoms with Crippen LogP contribution in [0.3, 0.4) is 0 Å². The molecule has 1 aromatic rings. The van der Waals surface area contributed by atoms with Gasteiger partial charge in [0.05, 0.1) is 23.7 Å². The Bertz CT molecular complexity index is 415. The van der Waals surface area contributed by atoms with Crippen molar-refractivity contribution in [1.29, 1.82) is 10.5 Å². The summed E-state index contributed by atoms with van der Waals surface area (Å²) in [5, 5.41) is 16.8.